The predicted octanol–water partition coefficient (Wildman–Crippen LogP) is 6.46. The highest BCUT2D eigenvalue weighted by atomic mass is 19.1. The van der Waals surface area contributed by atoms with Crippen molar-refractivity contribution in [3.05, 3.63) is 66.5 Å². The van der Waals surface area contributed by atoms with Crippen LogP contribution in [-0.2, 0) is 9.59 Å². The minimum atomic E-state index is -0.338. The molecule has 3 aromatic rings. The van der Waals surface area contributed by atoms with Crippen molar-refractivity contribution in [2.75, 3.05) is 18.4 Å². The number of hydrogen-bond acceptors (Lipinski definition) is 3. The molecule has 4 aliphatic rings. The summed E-state index contributed by atoms with van der Waals surface area (Å²) in [5, 5.41) is 7.75. The van der Waals surface area contributed by atoms with E-state index in [0.29, 0.717) is 41.5 Å². The highest BCUT2D eigenvalue weighted by molar-refractivity contribution is 5.95. The summed E-state index contributed by atoms with van der Waals surface area (Å²) in [6.45, 7) is 2.73. The summed E-state index contributed by atoms with van der Waals surface area (Å²) in [7, 11) is 0. The second kappa shape index (κ2) is 10.6. The fraction of sp³-hybridized carbons (Fsp3) is 0.469. The Balaban J connectivity index is 1.24. The van der Waals surface area contributed by atoms with Crippen molar-refractivity contribution in [1.29, 1.82) is 0 Å². The van der Waals surface area contributed by atoms with Crippen LogP contribution < -0.4 is 5.32 Å². The maximum atomic E-state index is 14.1. The van der Waals surface area contributed by atoms with Crippen molar-refractivity contribution >= 4 is 17.6 Å². The third-order valence-electron chi connectivity index (χ3n) is 9.01. The number of carbonyl (C=O) groups is 2. The second-order valence-corrected chi connectivity index (χ2v) is 12.0. The lowest BCUT2D eigenvalue weighted by Crippen LogP contribution is -2.55. The zero-order chi connectivity index (χ0) is 27.0. The van der Waals surface area contributed by atoms with Gasteiger partial charge in [-0.15, -0.1) is 0 Å². The second-order valence-electron chi connectivity index (χ2n) is 12.0. The maximum Gasteiger partial charge on any atom is 0.245 e. The molecule has 7 heteroatoms. The molecule has 4 bridgehead atoms. The van der Waals surface area contributed by atoms with E-state index in [1.807, 2.05) is 41.3 Å². The van der Waals surface area contributed by atoms with Crippen molar-refractivity contribution < 1.29 is 14.0 Å². The van der Waals surface area contributed by atoms with Gasteiger partial charge in [-0.1, -0.05) is 43.7 Å². The monoisotopic (exact) mass is 528 g/mol. The minimum absolute atomic E-state index is 0.0237. The van der Waals surface area contributed by atoms with E-state index in [9.17, 15) is 14.0 Å². The summed E-state index contributed by atoms with van der Waals surface area (Å²) in [5.41, 5.74) is 1.97. The van der Waals surface area contributed by atoms with Crippen molar-refractivity contribution in [3.8, 4) is 16.9 Å². The summed E-state index contributed by atoms with van der Waals surface area (Å²) in [5.74, 6) is 2.10. The minimum Gasteiger partial charge on any atom is -0.333 e. The number of aromatic nitrogens is 2. The van der Waals surface area contributed by atoms with Crippen LogP contribution in [0, 0.1) is 29.0 Å². The molecule has 0 saturated heterocycles. The van der Waals surface area contributed by atoms with Crippen molar-refractivity contribution in [2.24, 2.45) is 23.2 Å². The lowest BCUT2D eigenvalue weighted by atomic mass is 9.49. The highest BCUT2D eigenvalue weighted by Gasteiger charge is 2.55. The van der Waals surface area contributed by atoms with E-state index >= 15 is 0 Å². The average molecular weight is 529 g/mol. The molecule has 0 aliphatic heterocycles. The van der Waals surface area contributed by atoms with E-state index in [1.165, 1.54) is 31.4 Å². The molecule has 0 radical (unpaired) electrons. The standard InChI is InChI=1S/C32H37FN4O2/c1-2-3-13-36(31(39)32-18-22-14-23(19-32)16-24(15-22)20-32)21-30(38)34-29-17-28(25-7-5-4-6-8-25)35-37(29)27-11-9-26(33)10-12-27/h4-12,17,22-24H,2-3,13-16,18-21H2,1H3,(H,34,38). The third-order valence-corrected chi connectivity index (χ3v) is 9.01. The molecular formula is C32H37FN4O2. The SMILES string of the molecule is CCCCN(CC(=O)Nc1cc(-c2ccccc2)nn1-c1ccc(F)cc1)C(=O)C12CC3CC(CC(C3)C1)C2. The van der Waals surface area contributed by atoms with Gasteiger partial charge in [0, 0.05) is 18.2 Å². The van der Waals surface area contributed by atoms with Crippen LogP contribution in [0.5, 0.6) is 0 Å². The largest absolute Gasteiger partial charge is 0.333 e. The van der Waals surface area contributed by atoms with E-state index in [0.717, 1.165) is 37.7 Å². The summed E-state index contributed by atoms with van der Waals surface area (Å²) in [6, 6.07) is 17.6. The molecule has 39 heavy (non-hydrogen) atoms. The Morgan fingerprint density at radius 1 is 1.00 bits per heavy atom. The molecule has 7 rings (SSSR count). The fourth-order valence-corrected chi connectivity index (χ4v) is 7.66. The van der Waals surface area contributed by atoms with Gasteiger partial charge in [0.1, 0.15) is 11.6 Å². The number of amides is 2. The first-order chi connectivity index (χ1) is 18.9. The molecule has 6 nitrogen and oxygen atoms in total. The topological polar surface area (TPSA) is 67.2 Å². The van der Waals surface area contributed by atoms with Gasteiger partial charge in [0.15, 0.2) is 0 Å². The number of hydrogen-bond donors (Lipinski definition) is 1. The molecule has 204 valence electrons. The Morgan fingerprint density at radius 2 is 1.64 bits per heavy atom. The van der Waals surface area contributed by atoms with Gasteiger partial charge < -0.3 is 10.2 Å². The number of nitrogens with one attached hydrogen (secondary N) is 1. The molecule has 1 aromatic heterocycles. The van der Waals surface area contributed by atoms with Gasteiger partial charge in [-0.2, -0.15) is 5.10 Å². The Morgan fingerprint density at radius 3 is 2.26 bits per heavy atom. The van der Waals surface area contributed by atoms with Gasteiger partial charge in [-0.3, -0.25) is 9.59 Å². The van der Waals surface area contributed by atoms with Crippen LogP contribution in [0.3, 0.4) is 0 Å². The summed E-state index contributed by atoms with van der Waals surface area (Å²) in [4.78, 5) is 29.4. The number of nitrogens with zero attached hydrogens (tertiary/aromatic N) is 3. The maximum absolute atomic E-state index is 14.1. The molecule has 0 spiro atoms. The van der Waals surface area contributed by atoms with E-state index in [1.54, 1.807) is 16.8 Å². The predicted molar refractivity (Wildman–Crippen MR) is 150 cm³/mol. The zero-order valence-electron chi connectivity index (χ0n) is 22.6. The average Bonchev–Trinajstić information content (AvgIpc) is 3.34. The molecule has 1 N–H and O–H groups in total. The fourth-order valence-electron chi connectivity index (χ4n) is 7.66. The summed E-state index contributed by atoms with van der Waals surface area (Å²) < 4.78 is 15.3. The zero-order valence-corrected chi connectivity index (χ0v) is 22.6. The van der Waals surface area contributed by atoms with Crippen LogP contribution in [0.25, 0.3) is 16.9 Å². The lowest BCUT2D eigenvalue weighted by Gasteiger charge is -2.56. The van der Waals surface area contributed by atoms with E-state index in [4.69, 9.17) is 5.10 Å². The third kappa shape index (κ3) is 5.23. The van der Waals surface area contributed by atoms with Crippen molar-refractivity contribution in [3.63, 3.8) is 0 Å². The normalized spacial score (nSPS) is 25.0. The Kier molecular flexibility index (Phi) is 7.00. The number of unbranched alkanes of at least 4 members (excludes halogenated alkanes) is 1. The molecule has 2 aromatic carbocycles. The molecule has 4 fully saturated rings. The van der Waals surface area contributed by atoms with Crippen LogP contribution in [0.1, 0.15) is 58.3 Å². The quantitative estimate of drug-likeness (QED) is 0.347. The molecule has 2 amide bonds. The number of benzene rings is 2. The Hall–Kier alpha value is -3.48. The molecule has 4 aliphatic carbocycles. The van der Waals surface area contributed by atoms with E-state index < -0.39 is 0 Å². The van der Waals surface area contributed by atoms with Crippen LogP contribution in [0.4, 0.5) is 10.2 Å². The molecule has 4 saturated carbocycles. The van der Waals surface area contributed by atoms with Gasteiger partial charge in [-0.25, -0.2) is 9.07 Å². The highest BCUT2D eigenvalue weighted by Crippen LogP contribution is 2.60. The van der Waals surface area contributed by atoms with Gasteiger partial charge in [0.25, 0.3) is 0 Å². The van der Waals surface area contributed by atoms with Crippen LogP contribution in [-0.4, -0.2) is 39.6 Å². The van der Waals surface area contributed by atoms with Crippen molar-refractivity contribution in [2.45, 2.75) is 58.3 Å². The summed E-state index contributed by atoms with van der Waals surface area (Å²) >= 11 is 0. The first-order valence-corrected chi connectivity index (χ1v) is 14.4. The number of carbonyl (C=O) groups excluding carboxylic acids is 2. The van der Waals surface area contributed by atoms with Gasteiger partial charge in [-0.05, 0) is 87.0 Å². The van der Waals surface area contributed by atoms with Crippen LogP contribution in [0.15, 0.2) is 60.7 Å². The van der Waals surface area contributed by atoms with Gasteiger partial charge in [0.05, 0.1) is 23.3 Å². The molecular weight excluding hydrogens is 491 g/mol. The molecule has 1 heterocycles. The van der Waals surface area contributed by atoms with Crippen LogP contribution in [0.2, 0.25) is 0 Å². The number of anilines is 1. The molecule has 0 atom stereocenters. The Bertz CT molecular complexity index is 1300. The lowest BCUT2D eigenvalue weighted by molar-refractivity contribution is -0.158. The smallest absolute Gasteiger partial charge is 0.245 e. The van der Waals surface area contributed by atoms with Gasteiger partial charge in [0.2, 0.25) is 11.8 Å². The van der Waals surface area contributed by atoms with Crippen LogP contribution >= 0.6 is 0 Å². The first-order valence-electron chi connectivity index (χ1n) is 14.4. The number of halogens is 1. The first kappa shape index (κ1) is 25.8. The Labute approximate surface area is 229 Å². The molecule has 0 unspecified atom stereocenters. The number of rotatable bonds is 9. The van der Waals surface area contributed by atoms with Gasteiger partial charge >= 0.3 is 0 Å². The van der Waals surface area contributed by atoms with Crippen molar-refractivity contribution in [1.82, 2.24) is 14.7 Å². The summed E-state index contributed by atoms with van der Waals surface area (Å²) in [6.07, 6.45) is 8.62. The van der Waals surface area contributed by atoms with E-state index in [-0.39, 0.29) is 29.6 Å². The van der Waals surface area contributed by atoms with E-state index in [2.05, 4.69) is 12.2 Å².